The van der Waals surface area contributed by atoms with E-state index < -0.39 is 28.5 Å². The number of carboxylic acids is 1. The highest BCUT2D eigenvalue weighted by Crippen LogP contribution is 2.28. The largest absolute Gasteiger partial charge is 0.496 e. The van der Waals surface area contributed by atoms with Gasteiger partial charge in [-0.3, -0.25) is 14.9 Å². The van der Waals surface area contributed by atoms with Gasteiger partial charge in [-0.15, -0.1) is 0 Å². The van der Waals surface area contributed by atoms with Crippen LogP contribution in [0.25, 0.3) is 0 Å². The second kappa shape index (κ2) is 6.50. The van der Waals surface area contributed by atoms with Crippen molar-refractivity contribution in [1.29, 1.82) is 0 Å². The average molecular weight is 282 g/mol. The zero-order chi connectivity index (χ0) is 15.3. The lowest BCUT2D eigenvalue weighted by Gasteiger charge is -2.14. The molecule has 1 rings (SSSR count). The summed E-state index contributed by atoms with van der Waals surface area (Å²) >= 11 is 0. The minimum Gasteiger partial charge on any atom is -0.496 e. The molecule has 2 N–H and O–H groups in total. The molecule has 1 atom stereocenters. The molecule has 8 nitrogen and oxygen atoms in total. The van der Waals surface area contributed by atoms with Gasteiger partial charge in [0.05, 0.1) is 12.0 Å². The first-order valence-electron chi connectivity index (χ1n) is 5.77. The van der Waals surface area contributed by atoms with Crippen LogP contribution in [-0.2, 0) is 4.79 Å². The van der Waals surface area contributed by atoms with E-state index in [4.69, 9.17) is 9.84 Å². The number of carbonyl (C=O) groups excluding carboxylic acids is 1. The SMILES string of the molecule is CCC(NC(=O)c1c(OC)cccc1[N+](=O)[O-])C(=O)O. The number of nitro benzene ring substituents is 1. The number of rotatable bonds is 6. The Bertz CT molecular complexity index is 543. The molecule has 20 heavy (non-hydrogen) atoms. The maximum Gasteiger partial charge on any atom is 0.326 e. The highest BCUT2D eigenvalue weighted by molar-refractivity contribution is 6.02. The Morgan fingerprint density at radius 3 is 2.60 bits per heavy atom. The van der Waals surface area contributed by atoms with Gasteiger partial charge in [0.1, 0.15) is 11.8 Å². The summed E-state index contributed by atoms with van der Waals surface area (Å²) < 4.78 is 4.92. The van der Waals surface area contributed by atoms with Gasteiger partial charge in [-0.2, -0.15) is 0 Å². The smallest absolute Gasteiger partial charge is 0.326 e. The first-order valence-corrected chi connectivity index (χ1v) is 5.77. The minimum absolute atomic E-state index is 0.0111. The molecule has 8 heteroatoms. The van der Waals surface area contributed by atoms with Gasteiger partial charge in [0.25, 0.3) is 11.6 Å². The highest BCUT2D eigenvalue weighted by Gasteiger charge is 2.27. The number of nitro groups is 1. The summed E-state index contributed by atoms with van der Waals surface area (Å²) in [6.07, 6.45) is 0.157. The standard InChI is InChI=1S/C12H14N2O6/c1-3-7(12(16)17)13-11(15)10-8(14(18)19)5-4-6-9(10)20-2/h4-7H,3H2,1-2H3,(H,13,15)(H,16,17). The maximum absolute atomic E-state index is 12.1. The third kappa shape index (κ3) is 3.22. The average Bonchev–Trinajstić information content (AvgIpc) is 2.42. The minimum atomic E-state index is -1.21. The molecule has 1 aromatic carbocycles. The number of hydrogen-bond donors (Lipinski definition) is 2. The Balaban J connectivity index is 3.20. The monoisotopic (exact) mass is 282 g/mol. The van der Waals surface area contributed by atoms with Crippen LogP contribution in [0.5, 0.6) is 5.75 Å². The zero-order valence-electron chi connectivity index (χ0n) is 11.0. The number of nitrogens with one attached hydrogen (secondary N) is 1. The molecule has 0 aromatic heterocycles. The van der Waals surface area contributed by atoms with Gasteiger partial charge >= 0.3 is 5.97 Å². The van der Waals surface area contributed by atoms with Gasteiger partial charge in [-0.05, 0) is 12.5 Å². The Hall–Kier alpha value is -2.64. The summed E-state index contributed by atoms with van der Waals surface area (Å²) in [4.78, 5) is 33.2. The van der Waals surface area contributed by atoms with Crippen molar-refractivity contribution < 1.29 is 24.4 Å². The van der Waals surface area contributed by atoms with E-state index in [1.807, 2.05) is 0 Å². The first kappa shape index (κ1) is 15.4. The number of methoxy groups -OCH3 is 1. The molecule has 0 saturated carbocycles. The number of carbonyl (C=O) groups is 2. The summed E-state index contributed by atoms with van der Waals surface area (Å²) in [7, 11) is 1.27. The predicted octanol–water partition coefficient (Wildman–Crippen LogP) is 1.20. The quantitative estimate of drug-likeness (QED) is 0.597. The third-order valence-corrected chi connectivity index (χ3v) is 2.66. The number of benzene rings is 1. The third-order valence-electron chi connectivity index (χ3n) is 2.66. The molecule has 108 valence electrons. The highest BCUT2D eigenvalue weighted by atomic mass is 16.6. The van der Waals surface area contributed by atoms with Crippen LogP contribution >= 0.6 is 0 Å². The molecule has 0 aliphatic rings. The van der Waals surface area contributed by atoms with Crippen molar-refractivity contribution in [1.82, 2.24) is 5.32 Å². The van der Waals surface area contributed by atoms with Crippen LogP contribution in [0.2, 0.25) is 0 Å². The molecule has 0 radical (unpaired) electrons. The molecule has 0 fully saturated rings. The van der Waals surface area contributed by atoms with Crippen LogP contribution in [-0.4, -0.2) is 35.1 Å². The van der Waals surface area contributed by atoms with Gasteiger partial charge in [0.2, 0.25) is 0 Å². The number of ether oxygens (including phenoxy) is 1. The zero-order valence-corrected chi connectivity index (χ0v) is 11.0. The molecule has 0 saturated heterocycles. The summed E-state index contributed by atoms with van der Waals surface area (Å²) in [6, 6.07) is 2.80. The van der Waals surface area contributed by atoms with Crippen molar-refractivity contribution in [3.63, 3.8) is 0 Å². The van der Waals surface area contributed by atoms with Crippen LogP contribution in [0, 0.1) is 10.1 Å². The molecule has 0 aliphatic heterocycles. The van der Waals surface area contributed by atoms with E-state index in [0.717, 1.165) is 6.07 Å². The van der Waals surface area contributed by atoms with Crippen molar-refractivity contribution in [3.05, 3.63) is 33.9 Å². The van der Waals surface area contributed by atoms with Crippen LogP contribution in [0.1, 0.15) is 23.7 Å². The Labute approximate surface area is 114 Å². The number of nitrogens with zero attached hydrogens (tertiary/aromatic N) is 1. The van der Waals surface area contributed by atoms with Gasteiger partial charge in [-0.25, -0.2) is 4.79 Å². The molecule has 1 amide bonds. The Morgan fingerprint density at radius 1 is 1.50 bits per heavy atom. The summed E-state index contributed by atoms with van der Waals surface area (Å²) in [5, 5.41) is 22.1. The van der Waals surface area contributed by atoms with E-state index in [1.54, 1.807) is 6.92 Å². The van der Waals surface area contributed by atoms with Gasteiger partial charge in [0.15, 0.2) is 5.56 Å². The van der Waals surface area contributed by atoms with Crippen molar-refractivity contribution in [2.75, 3.05) is 7.11 Å². The summed E-state index contributed by atoms with van der Waals surface area (Å²) in [5.41, 5.74) is -0.734. The van der Waals surface area contributed by atoms with Crippen molar-refractivity contribution >= 4 is 17.6 Å². The molecule has 0 aliphatic carbocycles. The van der Waals surface area contributed by atoms with Gasteiger partial charge < -0.3 is 15.2 Å². The molecule has 0 heterocycles. The predicted molar refractivity (Wildman–Crippen MR) is 68.8 cm³/mol. The number of aliphatic carboxylic acids is 1. The second-order valence-corrected chi connectivity index (χ2v) is 3.88. The van der Waals surface area contributed by atoms with Gasteiger partial charge in [0, 0.05) is 6.07 Å². The van der Waals surface area contributed by atoms with Crippen LogP contribution < -0.4 is 10.1 Å². The molecule has 0 bridgehead atoms. The van der Waals surface area contributed by atoms with E-state index in [9.17, 15) is 19.7 Å². The van der Waals surface area contributed by atoms with E-state index in [2.05, 4.69) is 5.32 Å². The molecule has 0 spiro atoms. The lowest BCUT2D eigenvalue weighted by Crippen LogP contribution is -2.40. The van der Waals surface area contributed by atoms with E-state index in [1.165, 1.54) is 19.2 Å². The van der Waals surface area contributed by atoms with Crippen molar-refractivity contribution in [2.45, 2.75) is 19.4 Å². The van der Waals surface area contributed by atoms with Crippen molar-refractivity contribution in [2.24, 2.45) is 0 Å². The van der Waals surface area contributed by atoms with E-state index in [-0.39, 0.29) is 17.7 Å². The molecular weight excluding hydrogens is 268 g/mol. The Kier molecular flexibility index (Phi) is 5.01. The van der Waals surface area contributed by atoms with Gasteiger partial charge in [-0.1, -0.05) is 13.0 Å². The maximum atomic E-state index is 12.1. The lowest BCUT2D eigenvalue weighted by molar-refractivity contribution is -0.385. The topological polar surface area (TPSA) is 119 Å². The summed E-state index contributed by atoms with van der Waals surface area (Å²) in [6.45, 7) is 1.58. The Morgan fingerprint density at radius 2 is 2.15 bits per heavy atom. The van der Waals surface area contributed by atoms with Crippen LogP contribution in [0.4, 0.5) is 5.69 Å². The number of amides is 1. The fourth-order valence-corrected chi connectivity index (χ4v) is 1.64. The number of hydrogen-bond acceptors (Lipinski definition) is 5. The normalized spacial score (nSPS) is 11.5. The molecule has 1 unspecified atom stereocenters. The van der Waals surface area contributed by atoms with E-state index >= 15 is 0 Å². The summed E-state index contributed by atoms with van der Waals surface area (Å²) in [5.74, 6) is -2.06. The lowest BCUT2D eigenvalue weighted by atomic mass is 10.1. The van der Waals surface area contributed by atoms with Crippen LogP contribution in [0.15, 0.2) is 18.2 Å². The first-order chi connectivity index (χ1) is 9.42. The van der Waals surface area contributed by atoms with Crippen LogP contribution in [0.3, 0.4) is 0 Å². The number of carboxylic acid groups (broad SMARTS) is 1. The van der Waals surface area contributed by atoms with Crippen molar-refractivity contribution in [3.8, 4) is 5.75 Å². The molecule has 1 aromatic rings. The second-order valence-electron chi connectivity index (χ2n) is 3.88. The molecular formula is C12H14N2O6. The fraction of sp³-hybridized carbons (Fsp3) is 0.333. The fourth-order valence-electron chi connectivity index (χ4n) is 1.64. The van der Waals surface area contributed by atoms with E-state index in [0.29, 0.717) is 0 Å².